The molecule has 106 valence electrons. The summed E-state index contributed by atoms with van der Waals surface area (Å²) in [6.45, 7) is 3.61. The van der Waals surface area contributed by atoms with Crippen molar-refractivity contribution in [2.24, 2.45) is 0 Å². The summed E-state index contributed by atoms with van der Waals surface area (Å²) >= 11 is 3.34. The highest BCUT2D eigenvalue weighted by Gasteiger charge is 2.07. The summed E-state index contributed by atoms with van der Waals surface area (Å²) in [4.78, 5) is 19.7. The summed E-state index contributed by atoms with van der Waals surface area (Å²) in [5.74, 6) is 1.05. The molecular formula is C12H13BrN4O3. The van der Waals surface area contributed by atoms with Crippen LogP contribution in [0, 0.1) is 13.8 Å². The Morgan fingerprint density at radius 1 is 1.50 bits per heavy atom. The lowest BCUT2D eigenvalue weighted by molar-refractivity contribution is -0.121. The molecule has 0 aromatic carbocycles. The normalized spacial score (nSPS) is 10.6. The van der Waals surface area contributed by atoms with Crippen LogP contribution in [0.25, 0.3) is 0 Å². The van der Waals surface area contributed by atoms with Crippen molar-refractivity contribution < 1.29 is 14.1 Å². The topological polar surface area (TPSA) is 90.1 Å². The molecular weight excluding hydrogens is 328 g/mol. The van der Waals surface area contributed by atoms with Crippen molar-refractivity contribution in [2.75, 3.05) is 11.9 Å². The summed E-state index contributed by atoms with van der Waals surface area (Å²) in [7, 11) is 0. The van der Waals surface area contributed by atoms with E-state index in [1.165, 1.54) is 0 Å². The molecule has 2 heterocycles. The zero-order valence-electron chi connectivity index (χ0n) is 11.0. The molecule has 0 fully saturated rings. The number of aromatic nitrogens is 3. The summed E-state index contributed by atoms with van der Waals surface area (Å²) in [5.41, 5.74) is 0.984. The van der Waals surface area contributed by atoms with Gasteiger partial charge in [0.05, 0.1) is 0 Å². The molecule has 0 spiro atoms. The Kier molecular flexibility index (Phi) is 4.80. The fraction of sp³-hybridized carbons (Fsp3) is 0.333. The molecule has 0 saturated heterocycles. The van der Waals surface area contributed by atoms with Crippen LogP contribution >= 0.6 is 15.9 Å². The van der Waals surface area contributed by atoms with Crippen LogP contribution in [0.15, 0.2) is 21.3 Å². The quantitative estimate of drug-likeness (QED) is 0.895. The number of halogens is 1. The molecule has 8 heteroatoms. The van der Waals surface area contributed by atoms with Crippen molar-refractivity contribution in [3.8, 4) is 0 Å². The van der Waals surface area contributed by atoms with Gasteiger partial charge < -0.3 is 14.6 Å². The lowest BCUT2D eigenvalue weighted by atomic mass is 10.3. The summed E-state index contributed by atoms with van der Waals surface area (Å²) < 4.78 is 10.9. The van der Waals surface area contributed by atoms with Crippen molar-refractivity contribution in [1.82, 2.24) is 15.1 Å². The molecule has 2 aromatic rings. The number of rotatable bonds is 5. The first-order valence-electron chi connectivity index (χ1n) is 5.83. The monoisotopic (exact) mass is 340 g/mol. The van der Waals surface area contributed by atoms with Gasteiger partial charge in [-0.15, -0.1) is 0 Å². The maximum Gasteiger partial charge on any atom is 0.252 e. The average molecular weight is 341 g/mol. The SMILES string of the molecule is Cc1noc(COCC(=O)Nc2cc(C)c(Br)cn2)n1. The molecule has 7 nitrogen and oxygen atoms in total. The standard InChI is InChI=1S/C12H13BrN4O3/c1-7-3-10(14-4-9(7)13)16-11(18)5-19-6-12-15-8(2)17-20-12/h3-4H,5-6H2,1-2H3,(H,14,16,18). The minimum absolute atomic E-state index is 0.0983. The molecule has 0 unspecified atom stereocenters. The Morgan fingerprint density at radius 3 is 2.95 bits per heavy atom. The molecule has 0 aliphatic heterocycles. The highest BCUT2D eigenvalue weighted by molar-refractivity contribution is 9.10. The molecule has 0 aliphatic rings. The van der Waals surface area contributed by atoms with Gasteiger partial charge in [-0.3, -0.25) is 4.79 Å². The van der Waals surface area contributed by atoms with Crippen LogP contribution in [-0.4, -0.2) is 27.6 Å². The number of pyridine rings is 1. The Bertz CT molecular complexity index is 614. The fourth-order valence-electron chi connectivity index (χ4n) is 1.42. The van der Waals surface area contributed by atoms with E-state index in [0.717, 1.165) is 10.0 Å². The third kappa shape index (κ3) is 4.10. The number of aryl methyl sites for hydroxylation is 2. The van der Waals surface area contributed by atoms with Gasteiger partial charge in [-0.2, -0.15) is 4.98 Å². The molecule has 1 N–H and O–H groups in total. The largest absolute Gasteiger partial charge is 0.362 e. The van der Waals surface area contributed by atoms with E-state index in [9.17, 15) is 4.79 Å². The predicted molar refractivity (Wildman–Crippen MR) is 74.0 cm³/mol. The maximum atomic E-state index is 11.6. The van der Waals surface area contributed by atoms with Gasteiger partial charge in [-0.25, -0.2) is 4.98 Å². The fourth-order valence-corrected chi connectivity index (χ4v) is 1.63. The second-order valence-corrected chi connectivity index (χ2v) is 4.95. The molecule has 0 bridgehead atoms. The van der Waals surface area contributed by atoms with Crippen molar-refractivity contribution in [3.63, 3.8) is 0 Å². The third-order valence-corrected chi connectivity index (χ3v) is 3.17. The van der Waals surface area contributed by atoms with Gasteiger partial charge in [0.15, 0.2) is 5.82 Å². The van der Waals surface area contributed by atoms with Gasteiger partial charge in [-0.05, 0) is 41.4 Å². The van der Waals surface area contributed by atoms with Gasteiger partial charge >= 0.3 is 0 Å². The Balaban J connectivity index is 1.79. The molecule has 2 rings (SSSR count). The highest BCUT2D eigenvalue weighted by Crippen LogP contribution is 2.17. The third-order valence-electron chi connectivity index (χ3n) is 2.34. The zero-order chi connectivity index (χ0) is 14.5. The van der Waals surface area contributed by atoms with Crippen LogP contribution in [0.2, 0.25) is 0 Å². The number of anilines is 1. The van der Waals surface area contributed by atoms with E-state index in [2.05, 4.69) is 36.4 Å². The number of nitrogens with zero attached hydrogens (tertiary/aromatic N) is 3. The van der Waals surface area contributed by atoms with Crippen LogP contribution in [0.3, 0.4) is 0 Å². The van der Waals surface area contributed by atoms with E-state index in [-0.39, 0.29) is 19.1 Å². The summed E-state index contributed by atoms with van der Waals surface area (Å²) in [5, 5.41) is 6.26. The number of hydrogen-bond donors (Lipinski definition) is 1. The molecule has 0 atom stereocenters. The molecule has 1 amide bonds. The van der Waals surface area contributed by atoms with Crippen molar-refractivity contribution >= 4 is 27.7 Å². The second kappa shape index (κ2) is 6.58. The highest BCUT2D eigenvalue weighted by atomic mass is 79.9. The first-order chi connectivity index (χ1) is 9.54. The Hall–Kier alpha value is -1.80. The smallest absolute Gasteiger partial charge is 0.252 e. The minimum atomic E-state index is -0.296. The van der Waals surface area contributed by atoms with Crippen LogP contribution in [0.4, 0.5) is 5.82 Å². The zero-order valence-corrected chi connectivity index (χ0v) is 12.6. The van der Waals surface area contributed by atoms with E-state index in [4.69, 9.17) is 9.26 Å². The van der Waals surface area contributed by atoms with E-state index in [1.807, 2.05) is 6.92 Å². The number of carbonyl (C=O) groups excluding carboxylic acids is 1. The van der Waals surface area contributed by atoms with Gasteiger partial charge in [0.2, 0.25) is 0 Å². The first-order valence-corrected chi connectivity index (χ1v) is 6.63. The van der Waals surface area contributed by atoms with E-state index in [0.29, 0.717) is 17.5 Å². The Morgan fingerprint density at radius 2 is 2.30 bits per heavy atom. The average Bonchev–Trinajstić information content (AvgIpc) is 2.80. The molecule has 0 aliphatic carbocycles. The predicted octanol–water partition coefficient (Wildman–Crippen LogP) is 2.00. The first kappa shape index (κ1) is 14.6. The van der Waals surface area contributed by atoms with Gasteiger partial charge in [-0.1, -0.05) is 5.16 Å². The van der Waals surface area contributed by atoms with E-state index in [1.54, 1.807) is 19.2 Å². The van der Waals surface area contributed by atoms with Crippen molar-refractivity contribution in [2.45, 2.75) is 20.5 Å². The second-order valence-electron chi connectivity index (χ2n) is 4.10. The maximum absolute atomic E-state index is 11.6. The number of carbonyl (C=O) groups is 1. The molecule has 2 aromatic heterocycles. The van der Waals surface area contributed by atoms with E-state index < -0.39 is 0 Å². The van der Waals surface area contributed by atoms with Gasteiger partial charge in [0.25, 0.3) is 11.8 Å². The number of hydrogen-bond acceptors (Lipinski definition) is 6. The molecule has 20 heavy (non-hydrogen) atoms. The summed E-state index contributed by atoms with van der Waals surface area (Å²) in [6.07, 6.45) is 1.63. The van der Waals surface area contributed by atoms with Crippen LogP contribution in [0.1, 0.15) is 17.3 Å². The summed E-state index contributed by atoms with van der Waals surface area (Å²) in [6, 6.07) is 1.77. The van der Waals surface area contributed by atoms with Crippen molar-refractivity contribution in [1.29, 1.82) is 0 Å². The lowest BCUT2D eigenvalue weighted by Crippen LogP contribution is -2.19. The lowest BCUT2D eigenvalue weighted by Gasteiger charge is -2.06. The van der Waals surface area contributed by atoms with Crippen LogP contribution in [-0.2, 0) is 16.1 Å². The van der Waals surface area contributed by atoms with Crippen molar-refractivity contribution in [3.05, 3.63) is 34.0 Å². The number of ether oxygens (including phenoxy) is 1. The molecule has 0 saturated carbocycles. The van der Waals surface area contributed by atoms with Crippen LogP contribution in [0.5, 0.6) is 0 Å². The minimum Gasteiger partial charge on any atom is -0.362 e. The number of amides is 1. The van der Waals surface area contributed by atoms with Crippen LogP contribution < -0.4 is 5.32 Å². The Labute approximate surface area is 123 Å². The number of nitrogens with one attached hydrogen (secondary N) is 1. The van der Waals surface area contributed by atoms with E-state index >= 15 is 0 Å². The molecule has 0 radical (unpaired) electrons. The van der Waals surface area contributed by atoms with Gasteiger partial charge in [0.1, 0.15) is 19.0 Å². The van der Waals surface area contributed by atoms with Gasteiger partial charge in [0, 0.05) is 10.7 Å².